The molecular formula is C21H27FN4O2S. The molecule has 0 unspecified atom stereocenters. The highest BCUT2D eigenvalue weighted by atomic mass is 32.1. The Bertz CT molecular complexity index is 835. The van der Waals surface area contributed by atoms with E-state index in [2.05, 4.69) is 39.6 Å². The number of rotatable bonds is 5. The molecule has 8 heteroatoms. The Balaban J connectivity index is 1.39. The number of nitrogens with zero attached hydrogens (tertiary/aromatic N) is 3. The Morgan fingerprint density at radius 2 is 2.14 bits per heavy atom. The quantitative estimate of drug-likeness (QED) is 0.597. The normalized spacial score (nSPS) is 17.1. The van der Waals surface area contributed by atoms with Crippen LogP contribution in [0.25, 0.3) is 0 Å². The molecule has 0 bridgehead atoms. The fourth-order valence-electron chi connectivity index (χ4n) is 3.74. The number of piperazine rings is 1. The van der Waals surface area contributed by atoms with E-state index in [9.17, 15) is 4.39 Å². The number of halogens is 1. The molecule has 4 rings (SSSR count). The fourth-order valence-corrected chi connectivity index (χ4v) is 4.52. The number of fused-ring (bicyclic) bond motifs is 1. The molecule has 0 saturated carbocycles. The zero-order valence-electron chi connectivity index (χ0n) is 16.7. The van der Waals surface area contributed by atoms with Crippen LogP contribution in [-0.4, -0.2) is 56.9 Å². The minimum absolute atomic E-state index is 0.214. The Labute approximate surface area is 174 Å². The van der Waals surface area contributed by atoms with Crippen molar-refractivity contribution in [2.75, 3.05) is 51.0 Å². The predicted octanol–water partition coefficient (Wildman–Crippen LogP) is 3.08. The van der Waals surface area contributed by atoms with E-state index in [0.717, 1.165) is 55.6 Å². The minimum Gasteiger partial charge on any atom is -0.467 e. The van der Waals surface area contributed by atoms with E-state index < -0.39 is 0 Å². The highest BCUT2D eigenvalue weighted by Gasteiger charge is 2.21. The van der Waals surface area contributed by atoms with Gasteiger partial charge in [-0.05, 0) is 48.6 Å². The number of ether oxygens (including phenoxy) is 2. The van der Waals surface area contributed by atoms with Crippen LogP contribution in [0.4, 0.5) is 9.39 Å². The zero-order valence-corrected chi connectivity index (χ0v) is 17.5. The lowest BCUT2D eigenvalue weighted by Crippen LogP contribution is -2.52. The largest absolute Gasteiger partial charge is 0.467 e. The smallest absolute Gasteiger partial charge is 0.194 e. The van der Waals surface area contributed by atoms with E-state index in [-0.39, 0.29) is 12.6 Å². The zero-order chi connectivity index (χ0) is 20.1. The van der Waals surface area contributed by atoms with Crippen molar-refractivity contribution in [2.24, 2.45) is 4.99 Å². The van der Waals surface area contributed by atoms with Crippen LogP contribution in [0.3, 0.4) is 0 Å². The molecule has 1 N–H and O–H groups in total. The maximum absolute atomic E-state index is 13.9. The topological polar surface area (TPSA) is 49.3 Å². The molecule has 156 valence electrons. The number of hydrogen-bond acceptors (Lipinski definition) is 5. The second-order valence-electron chi connectivity index (χ2n) is 7.07. The molecule has 3 heterocycles. The van der Waals surface area contributed by atoms with E-state index in [0.29, 0.717) is 19.6 Å². The summed E-state index contributed by atoms with van der Waals surface area (Å²) in [6.45, 7) is 7.90. The Kier molecular flexibility index (Phi) is 6.51. The summed E-state index contributed by atoms with van der Waals surface area (Å²) in [6.07, 6.45) is 0.629. The molecule has 2 aliphatic rings. The van der Waals surface area contributed by atoms with Gasteiger partial charge in [0.15, 0.2) is 12.8 Å². The minimum atomic E-state index is -0.256. The summed E-state index contributed by atoms with van der Waals surface area (Å²) in [5, 5.41) is 6.84. The Hall–Kier alpha value is -2.32. The van der Waals surface area contributed by atoms with Gasteiger partial charge in [0.2, 0.25) is 0 Å². The third kappa shape index (κ3) is 4.82. The van der Waals surface area contributed by atoms with Crippen molar-refractivity contribution in [2.45, 2.75) is 20.0 Å². The van der Waals surface area contributed by atoms with E-state index in [1.54, 1.807) is 17.4 Å². The van der Waals surface area contributed by atoms with Crippen LogP contribution in [0.1, 0.15) is 18.1 Å². The number of guanidine groups is 1. The molecule has 29 heavy (non-hydrogen) atoms. The van der Waals surface area contributed by atoms with E-state index in [1.807, 2.05) is 0 Å². The molecule has 2 aliphatic heterocycles. The number of benzene rings is 1. The SMILES string of the molecule is CCNC(=NCCc1cc(F)cc2c1OCOC2)N1CCN(c2cccs2)CC1. The molecule has 1 aromatic heterocycles. The van der Waals surface area contributed by atoms with E-state index >= 15 is 0 Å². The van der Waals surface area contributed by atoms with Gasteiger partial charge in [0.25, 0.3) is 0 Å². The molecule has 0 atom stereocenters. The Morgan fingerprint density at radius 3 is 2.90 bits per heavy atom. The summed E-state index contributed by atoms with van der Waals surface area (Å²) in [5.74, 6) is 1.42. The van der Waals surface area contributed by atoms with E-state index in [4.69, 9.17) is 14.5 Å². The van der Waals surface area contributed by atoms with Crippen molar-refractivity contribution in [3.63, 3.8) is 0 Å². The van der Waals surface area contributed by atoms with Crippen LogP contribution in [0, 0.1) is 5.82 Å². The Morgan fingerprint density at radius 1 is 1.28 bits per heavy atom. The van der Waals surface area contributed by atoms with Crippen LogP contribution in [0.15, 0.2) is 34.6 Å². The second-order valence-corrected chi connectivity index (χ2v) is 8.00. The van der Waals surface area contributed by atoms with Gasteiger partial charge in [-0.2, -0.15) is 0 Å². The van der Waals surface area contributed by atoms with Crippen LogP contribution in [0.5, 0.6) is 5.75 Å². The van der Waals surface area contributed by atoms with Crippen molar-refractivity contribution in [1.29, 1.82) is 0 Å². The van der Waals surface area contributed by atoms with Gasteiger partial charge in [-0.15, -0.1) is 11.3 Å². The molecule has 2 aromatic rings. The molecule has 6 nitrogen and oxygen atoms in total. The van der Waals surface area contributed by atoms with Gasteiger partial charge in [-0.3, -0.25) is 4.99 Å². The summed E-state index contributed by atoms with van der Waals surface area (Å²) in [6, 6.07) is 7.30. The molecule has 0 radical (unpaired) electrons. The van der Waals surface area contributed by atoms with Gasteiger partial charge in [-0.1, -0.05) is 0 Å². The second kappa shape index (κ2) is 9.45. The highest BCUT2D eigenvalue weighted by Crippen LogP contribution is 2.29. The summed E-state index contributed by atoms with van der Waals surface area (Å²) in [7, 11) is 0. The number of nitrogens with one attached hydrogen (secondary N) is 1. The average molecular weight is 419 g/mol. The first-order chi connectivity index (χ1) is 14.2. The molecule has 0 spiro atoms. The molecule has 0 aliphatic carbocycles. The van der Waals surface area contributed by atoms with Crippen LogP contribution in [-0.2, 0) is 17.8 Å². The van der Waals surface area contributed by atoms with Crippen molar-refractivity contribution >= 4 is 22.3 Å². The number of anilines is 1. The lowest BCUT2D eigenvalue weighted by molar-refractivity contribution is -0.0172. The first-order valence-electron chi connectivity index (χ1n) is 10.1. The number of aliphatic imine (C=N–C) groups is 1. The third-order valence-corrected chi connectivity index (χ3v) is 6.06. The summed E-state index contributed by atoms with van der Waals surface area (Å²) >= 11 is 1.78. The summed E-state index contributed by atoms with van der Waals surface area (Å²) in [5.41, 5.74) is 1.62. The van der Waals surface area contributed by atoms with Gasteiger partial charge in [0.05, 0.1) is 11.6 Å². The summed E-state index contributed by atoms with van der Waals surface area (Å²) in [4.78, 5) is 9.53. The molecule has 1 aromatic carbocycles. The van der Waals surface area contributed by atoms with Gasteiger partial charge in [0, 0.05) is 44.8 Å². The van der Waals surface area contributed by atoms with Crippen molar-refractivity contribution in [3.05, 3.63) is 46.6 Å². The monoisotopic (exact) mass is 418 g/mol. The third-order valence-electron chi connectivity index (χ3n) is 5.13. The highest BCUT2D eigenvalue weighted by molar-refractivity contribution is 7.14. The molecule has 1 fully saturated rings. The van der Waals surface area contributed by atoms with Gasteiger partial charge >= 0.3 is 0 Å². The molecule has 0 amide bonds. The predicted molar refractivity (Wildman–Crippen MR) is 114 cm³/mol. The van der Waals surface area contributed by atoms with Crippen molar-refractivity contribution < 1.29 is 13.9 Å². The maximum Gasteiger partial charge on any atom is 0.194 e. The fraction of sp³-hybridized carbons (Fsp3) is 0.476. The van der Waals surface area contributed by atoms with Crippen LogP contribution < -0.4 is 15.0 Å². The van der Waals surface area contributed by atoms with Crippen LogP contribution in [0.2, 0.25) is 0 Å². The average Bonchev–Trinajstić information content (AvgIpc) is 3.28. The van der Waals surface area contributed by atoms with Gasteiger partial charge < -0.3 is 24.6 Å². The first kappa shape index (κ1) is 20.0. The standard InChI is InChI=1S/C21H27FN4O2S/c1-2-23-21(26-9-7-25(8-10-26)19-4-3-11-29-19)24-6-5-16-12-18(22)13-17-14-27-15-28-20(16)17/h3-4,11-13H,2,5-10,14-15H2,1H3,(H,23,24). The summed E-state index contributed by atoms with van der Waals surface area (Å²) < 4.78 is 24.8. The van der Waals surface area contributed by atoms with E-state index in [1.165, 1.54) is 11.1 Å². The van der Waals surface area contributed by atoms with Gasteiger partial charge in [0.1, 0.15) is 11.6 Å². The number of hydrogen-bond donors (Lipinski definition) is 1. The van der Waals surface area contributed by atoms with Crippen LogP contribution >= 0.6 is 11.3 Å². The lowest BCUT2D eigenvalue weighted by Gasteiger charge is -2.37. The lowest BCUT2D eigenvalue weighted by atomic mass is 10.1. The number of thiophene rings is 1. The van der Waals surface area contributed by atoms with Gasteiger partial charge in [-0.25, -0.2) is 4.39 Å². The molecule has 1 saturated heterocycles. The van der Waals surface area contributed by atoms with Crippen molar-refractivity contribution in [3.8, 4) is 5.75 Å². The molecular weight excluding hydrogens is 391 g/mol. The first-order valence-corrected chi connectivity index (χ1v) is 11.0. The maximum atomic E-state index is 13.9. The van der Waals surface area contributed by atoms with Crippen molar-refractivity contribution in [1.82, 2.24) is 10.2 Å².